The Morgan fingerprint density at radius 3 is 1.97 bits per heavy atom. The van der Waals surface area contributed by atoms with Crippen LogP contribution in [0.15, 0.2) is 54.6 Å². The number of para-hydroxylation sites is 1. The van der Waals surface area contributed by atoms with Gasteiger partial charge in [-0.1, -0.05) is 64.6 Å². The minimum atomic E-state index is -5.22. The Morgan fingerprint density at radius 2 is 1.34 bits per heavy atom. The van der Waals surface area contributed by atoms with Crippen LogP contribution < -0.4 is 0 Å². The highest BCUT2D eigenvalue weighted by Gasteiger charge is 2.54. The van der Waals surface area contributed by atoms with Crippen molar-refractivity contribution in [2.75, 3.05) is 0 Å². The summed E-state index contributed by atoms with van der Waals surface area (Å²) in [6, 6.07) is 11.6. The average Bonchev–Trinajstić information content (AvgIpc) is 2.64. The summed E-state index contributed by atoms with van der Waals surface area (Å²) in [7, 11) is -5.22. The molecule has 3 aromatic carbocycles. The number of phenols is 2. The lowest BCUT2D eigenvalue weighted by molar-refractivity contribution is 0.428. The van der Waals surface area contributed by atoms with E-state index in [9.17, 15) is 23.2 Å². The monoisotopic (exact) mass is 492 g/mol. The molecule has 0 aliphatic carbocycles. The topological polar surface area (TPSA) is 94.8 Å². The van der Waals surface area contributed by atoms with Crippen molar-refractivity contribution in [2.45, 2.75) is 4.75 Å². The predicted octanol–water partition coefficient (Wildman–Crippen LogP) is 5.89. The molecule has 3 aromatic rings. The first kappa shape index (κ1) is 22.0. The third-order valence-corrected chi connectivity index (χ3v) is 7.18. The molecule has 10 heteroatoms. The molecule has 3 rings (SSSR count). The van der Waals surface area contributed by atoms with Crippen LogP contribution in [0.5, 0.6) is 11.5 Å². The molecule has 0 radical (unpaired) electrons. The standard InChI is InChI=1S/C19H12Cl4O5S/c20-10-5-8-16(25)12(9-10)19(29(26,27)28,11-3-1-2-4-15(11)24)17-13(21)6-7-14(22)18(17)23/h1-9,24-25H,(H,26,27,28). The van der Waals surface area contributed by atoms with Gasteiger partial charge in [0, 0.05) is 26.7 Å². The van der Waals surface area contributed by atoms with Crippen LogP contribution in [-0.4, -0.2) is 23.2 Å². The summed E-state index contributed by atoms with van der Waals surface area (Å²) in [6.45, 7) is 0. The summed E-state index contributed by atoms with van der Waals surface area (Å²) < 4.78 is 33.9. The van der Waals surface area contributed by atoms with Crippen LogP contribution in [0, 0.1) is 0 Å². The maximum absolute atomic E-state index is 13.0. The van der Waals surface area contributed by atoms with Gasteiger partial charge in [-0.3, -0.25) is 4.55 Å². The molecular weight excluding hydrogens is 482 g/mol. The molecule has 0 amide bonds. The van der Waals surface area contributed by atoms with Crippen molar-refractivity contribution in [3.63, 3.8) is 0 Å². The molecule has 0 saturated heterocycles. The van der Waals surface area contributed by atoms with Crippen LogP contribution >= 0.6 is 46.4 Å². The lowest BCUT2D eigenvalue weighted by Gasteiger charge is -2.34. The van der Waals surface area contributed by atoms with Gasteiger partial charge in [0.2, 0.25) is 0 Å². The number of benzene rings is 3. The first-order valence-corrected chi connectivity index (χ1v) is 10.9. The van der Waals surface area contributed by atoms with E-state index in [4.69, 9.17) is 46.4 Å². The van der Waals surface area contributed by atoms with E-state index in [1.807, 2.05) is 0 Å². The number of hydrogen-bond donors (Lipinski definition) is 3. The van der Waals surface area contributed by atoms with Crippen molar-refractivity contribution in [2.24, 2.45) is 0 Å². The summed E-state index contributed by atoms with van der Waals surface area (Å²) in [5.41, 5.74) is -1.04. The van der Waals surface area contributed by atoms with Gasteiger partial charge in [0.15, 0.2) is 4.75 Å². The largest absolute Gasteiger partial charge is 0.508 e. The summed E-state index contributed by atoms with van der Waals surface area (Å²) >= 11 is 24.8. The van der Waals surface area contributed by atoms with E-state index in [1.54, 1.807) is 0 Å². The van der Waals surface area contributed by atoms with Gasteiger partial charge in [-0.05, 0) is 36.4 Å². The van der Waals surface area contributed by atoms with Crippen LogP contribution in [0.4, 0.5) is 0 Å². The van der Waals surface area contributed by atoms with Gasteiger partial charge in [-0.15, -0.1) is 0 Å². The molecule has 0 spiro atoms. The molecule has 0 bridgehead atoms. The van der Waals surface area contributed by atoms with Crippen LogP contribution in [-0.2, 0) is 14.9 Å². The Bertz CT molecular complexity index is 1210. The van der Waals surface area contributed by atoms with E-state index in [0.717, 1.165) is 12.1 Å². The molecule has 152 valence electrons. The summed E-state index contributed by atoms with van der Waals surface area (Å²) in [6.07, 6.45) is 0. The summed E-state index contributed by atoms with van der Waals surface area (Å²) in [4.78, 5) is 0. The van der Waals surface area contributed by atoms with Crippen LogP contribution in [0.25, 0.3) is 0 Å². The highest BCUT2D eigenvalue weighted by molar-refractivity contribution is 7.87. The van der Waals surface area contributed by atoms with Gasteiger partial charge < -0.3 is 10.2 Å². The quantitative estimate of drug-likeness (QED) is 0.239. The molecule has 0 aliphatic rings. The van der Waals surface area contributed by atoms with Gasteiger partial charge >= 0.3 is 0 Å². The van der Waals surface area contributed by atoms with Gasteiger partial charge in [0.25, 0.3) is 10.1 Å². The number of rotatable bonds is 4. The second-order valence-corrected chi connectivity index (χ2v) is 9.24. The van der Waals surface area contributed by atoms with Crippen molar-refractivity contribution in [3.8, 4) is 11.5 Å². The van der Waals surface area contributed by atoms with E-state index in [-0.39, 0.29) is 36.8 Å². The van der Waals surface area contributed by atoms with Crippen molar-refractivity contribution in [1.82, 2.24) is 0 Å². The second kappa shape index (κ2) is 7.87. The summed E-state index contributed by atoms with van der Waals surface area (Å²) in [5.74, 6) is -1.04. The molecule has 1 atom stereocenters. The minimum absolute atomic E-state index is 0.0514. The molecule has 0 heterocycles. The Labute approximate surface area is 186 Å². The maximum Gasteiger partial charge on any atom is 0.283 e. The lowest BCUT2D eigenvalue weighted by Crippen LogP contribution is -2.39. The molecule has 0 fully saturated rings. The lowest BCUT2D eigenvalue weighted by atomic mass is 9.82. The first-order chi connectivity index (χ1) is 13.5. The smallest absolute Gasteiger partial charge is 0.283 e. The normalized spacial score (nSPS) is 13.8. The van der Waals surface area contributed by atoms with E-state index in [1.165, 1.54) is 42.5 Å². The fraction of sp³-hybridized carbons (Fsp3) is 0.0526. The first-order valence-electron chi connectivity index (χ1n) is 7.90. The average molecular weight is 494 g/mol. The van der Waals surface area contributed by atoms with Gasteiger partial charge in [-0.25, -0.2) is 0 Å². The molecule has 1 unspecified atom stereocenters. The fourth-order valence-corrected chi connectivity index (χ4v) is 5.69. The van der Waals surface area contributed by atoms with E-state index >= 15 is 0 Å². The molecular formula is C19H12Cl4O5S. The Kier molecular flexibility index (Phi) is 5.98. The third-order valence-electron chi connectivity index (χ3n) is 4.40. The van der Waals surface area contributed by atoms with E-state index in [0.29, 0.717) is 0 Å². The van der Waals surface area contributed by atoms with Crippen LogP contribution in [0.3, 0.4) is 0 Å². The van der Waals surface area contributed by atoms with E-state index in [2.05, 4.69) is 0 Å². The molecule has 5 nitrogen and oxygen atoms in total. The molecule has 0 aliphatic heterocycles. The van der Waals surface area contributed by atoms with Crippen LogP contribution in [0.2, 0.25) is 20.1 Å². The zero-order valence-electron chi connectivity index (χ0n) is 14.3. The van der Waals surface area contributed by atoms with Gasteiger partial charge in [0.05, 0.1) is 10.0 Å². The summed E-state index contributed by atoms with van der Waals surface area (Å²) in [5, 5.41) is 20.6. The Balaban J connectivity index is 2.71. The molecule has 0 aromatic heterocycles. The fourth-order valence-electron chi connectivity index (χ4n) is 3.23. The van der Waals surface area contributed by atoms with Crippen LogP contribution in [0.1, 0.15) is 16.7 Å². The van der Waals surface area contributed by atoms with Crippen molar-refractivity contribution in [1.29, 1.82) is 0 Å². The number of aromatic hydroxyl groups is 2. The number of hydrogen-bond acceptors (Lipinski definition) is 4. The highest BCUT2D eigenvalue weighted by atomic mass is 35.5. The third kappa shape index (κ3) is 3.54. The zero-order valence-corrected chi connectivity index (χ0v) is 18.1. The second-order valence-electron chi connectivity index (χ2n) is 6.05. The van der Waals surface area contributed by atoms with Gasteiger partial charge in [-0.2, -0.15) is 8.42 Å². The van der Waals surface area contributed by atoms with Gasteiger partial charge in [0.1, 0.15) is 11.5 Å². The minimum Gasteiger partial charge on any atom is -0.508 e. The number of phenolic OH excluding ortho intramolecular Hbond substituents is 2. The maximum atomic E-state index is 13.0. The molecule has 3 N–H and O–H groups in total. The Morgan fingerprint density at radius 1 is 0.759 bits per heavy atom. The van der Waals surface area contributed by atoms with Crippen molar-refractivity contribution >= 4 is 56.5 Å². The van der Waals surface area contributed by atoms with E-state index < -0.39 is 26.4 Å². The molecule has 29 heavy (non-hydrogen) atoms. The Hall–Kier alpha value is -1.67. The highest BCUT2D eigenvalue weighted by Crippen LogP contribution is 2.54. The van der Waals surface area contributed by atoms with Crippen molar-refractivity contribution in [3.05, 3.63) is 91.4 Å². The number of halogens is 4. The predicted molar refractivity (Wildman–Crippen MR) is 114 cm³/mol. The molecule has 0 saturated carbocycles. The SMILES string of the molecule is O=S(=O)(O)C(c1ccccc1O)(c1cc(Cl)ccc1O)c1c(Cl)ccc(Cl)c1Cl. The zero-order chi connectivity index (χ0) is 21.6. The van der Waals surface area contributed by atoms with Crippen molar-refractivity contribution < 1.29 is 23.2 Å².